The first-order valence-corrected chi connectivity index (χ1v) is 7.00. The summed E-state index contributed by atoms with van der Waals surface area (Å²) >= 11 is 0. The van der Waals surface area contributed by atoms with E-state index < -0.39 is 0 Å². The Morgan fingerprint density at radius 3 is 2.35 bits per heavy atom. The van der Waals surface area contributed by atoms with Crippen molar-refractivity contribution in [2.24, 2.45) is 11.8 Å². The second-order valence-corrected chi connectivity index (χ2v) is 5.79. The van der Waals surface area contributed by atoms with E-state index in [-0.39, 0.29) is 11.9 Å². The largest absolute Gasteiger partial charge is 0.350 e. The van der Waals surface area contributed by atoms with Crippen molar-refractivity contribution in [1.29, 1.82) is 0 Å². The highest BCUT2D eigenvalue weighted by molar-refractivity contribution is 5.93. The fraction of sp³-hybridized carbons (Fsp3) is 0.800. The van der Waals surface area contributed by atoms with E-state index in [0.29, 0.717) is 5.92 Å². The van der Waals surface area contributed by atoms with Gasteiger partial charge in [0, 0.05) is 11.6 Å². The molecule has 1 N–H and O–H groups in total. The highest BCUT2D eigenvalue weighted by atomic mass is 16.1. The standard InChI is InChI=1S/C15H27NO/c1-11(2)16-15(17)13(4)12(3)10-14-8-6-5-7-9-14/h11-12,14H,4-10H2,1-3H3,(H,16,17). The van der Waals surface area contributed by atoms with Crippen molar-refractivity contribution in [1.82, 2.24) is 5.32 Å². The third-order valence-corrected chi connectivity index (χ3v) is 3.72. The lowest BCUT2D eigenvalue weighted by Gasteiger charge is -2.25. The molecule has 0 aromatic carbocycles. The van der Waals surface area contributed by atoms with Crippen LogP contribution in [0.25, 0.3) is 0 Å². The first-order valence-electron chi connectivity index (χ1n) is 7.00. The molecule has 1 unspecified atom stereocenters. The van der Waals surface area contributed by atoms with Gasteiger partial charge in [-0.05, 0) is 32.1 Å². The summed E-state index contributed by atoms with van der Waals surface area (Å²) in [5.74, 6) is 1.16. The van der Waals surface area contributed by atoms with Gasteiger partial charge in [0.2, 0.25) is 5.91 Å². The predicted octanol–water partition coefficient (Wildman–Crippen LogP) is 3.67. The maximum Gasteiger partial charge on any atom is 0.247 e. The molecule has 1 aliphatic carbocycles. The summed E-state index contributed by atoms with van der Waals surface area (Å²) in [6.07, 6.45) is 7.92. The molecule has 0 bridgehead atoms. The van der Waals surface area contributed by atoms with E-state index in [2.05, 4.69) is 18.8 Å². The average Bonchev–Trinajstić information content (AvgIpc) is 2.28. The third kappa shape index (κ3) is 4.93. The Hall–Kier alpha value is -0.790. The van der Waals surface area contributed by atoms with Gasteiger partial charge in [-0.3, -0.25) is 4.79 Å². The number of carbonyl (C=O) groups excluding carboxylic acids is 1. The molecule has 0 saturated heterocycles. The quantitative estimate of drug-likeness (QED) is 0.726. The second kappa shape index (κ2) is 6.83. The molecule has 2 nitrogen and oxygen atoms in total. The minimum Gasteiger partial charge on any atom is -0.350 e. The van der Waals surface area contributed by atoms with Crippen LogP contribution in [-0.2, 0) is 4.79 Å². The zero-order valence-corrected chi connectivity index (χ0v) is 11.6. The summed E-state index contributed by atoms with van der Waals surface area (Å²) in [5.41, 5.74) is 0.754. The lowest BCUT2D eigenvalue weighted by atomic mass is 9.81. The lowest BCUT2D eigenvalue weighted by molar-refractivity contribution is -0.118. The molecule has 0 aromatic rings. The van der Waals surface area contributed by atoms with Crippen molar-refractivity contribution in [3.8, 4) is 0 Å². The van der Waals surface area contributed by atoms with E-state index in [1.54, 1.807) is 0 Å². The van der Waals surface area contributed by atoms with Crippen LogP contribution in [0.4, 0.5) is 0 Å². The molecule has 0 spiro atoms. The molecule has 1 saturated carbocycles. The molecule has 1 fully saturated rings. The predicted molar refractivity (Wildman–Crippen MR) is 72.8 cm³/mol. The monoisotopic (exact) mass is 237 g/mol. The van der Waals surface area contributed by atoms with Crippen molar-refractivity contribution in [2.45, 2.75) is 65.3 Å². The number of amides is 1. The Morgan fingerprint density at radius 2 is 1.82 bits per heavy atom. The summed E-state index contributed by atoms with van der Waals surface area (Å²) in [7, 11) is 0. The van der Waals surface area contributed by atoms with Crippen molar-refractivity contribution in [3.63, 3.8) is 0 Å². The van der Waals surface area contributed by atoms with Crippen molar-refractivity contribution < 1.29 is 4.79 Å². The van der Waals surface area contributed by atoms with Gasteiger partial charge in [-0.1, -0.05) is 45.6 Å². The Balaban J connectivity index is 2.37. The maximum absolute atomic E-state index is 11.8. The summed E-state index contributed by atoms with van der Waals surface area (Å²) in [4.78, 5) is 11.8. The van der Waals surface area contributed by atoms with Gasteiger partial charge in [-0.2, -0.15) is 0 Å². The summed E-state index contributed by atoms with van der Waals surface area (Å²) in [6, 6.07) is 0.195. The lowest BCUT2D eigenvalue weighted by Crippen LogP contribution is -2.33. The van der Waals surface area contributed by atoms with Gasteiger partial charge in [0.1, 0.15) is 0 Å². The SMILES string of the molecule is C=C(C(=O)NC(C)C)C(C)CC1CCCCC1. The van der Waals surface area contributed by atoms with Gasteiger partial charge < -0.3 is 5.32 Å². The number of rotatable bonds is 5. The minimum atomic E-state index is 0.0308. The maximum atomic E-state index is 11.8. The third-order valence-electron chi connectivity index (χ3n) is 3.72. The van der Waals surface area contributed by atoms with Crippen LogP contribution in [-0.4, -0.2) is 11.9 Å². The Bertz CT molecular complexity index is 264. The number of hydrogen-bond donors (Lipinski definition) is 1. The molecule has 0 aromatic heterocycles. The van der Waals surface area contributed by atoms with E-state index >= 15 is 0 Å². The zero-order valence-electron chi connectivity index (χ0n) is 11.6. The van der Waals surface area contributed by atoms with Crippen LogP contribution in [0.1, 0.15) is 59.3 Å². The van der Waals surface area contributed by atoms with Crippen LogP contribution in [0, 0.1) is 11.8 Å². The van der Waals surface area contributed by atoms with Gasteiger partial charge in [0.05, 0.1) is 0 Å². The molecule has 98 valence electrons. The Morgan fingerprint density at radius 1 is 1.24 bits per heavy atom. The van der Waals surface area contributed by atoms with E-state index in [9.17, 15) is 4.79 Å². The van der Waals surface area contributed by atoms with Crippen molar-refractivity contribution in [2.75, 3.05) is 0 Å². The second-order valence-electron chi connectivity index (χ2n) is 5.79. The molecule has 1 aliphatic rings. The molecule has 1 amide bonds. The Kier molecular flexibility index (Phi) is 5.73. The van der Waals surface area contributed by atoms with Crippen LogP contribution in [0.2, 0.25) is 0 Å². The smallest absolute Gasteiger partial charge is 0.247 e. The molecule has 0 aliphatic heterocycles. The molecule has 1 rings (SSSR count). The van der Waals surface area contributed by atoms with Crippen LogP contribution in [0.5, 0.6) is 0 Å². The van der Waals surface area contributed by atoms with Gasteiger partial charge in [-0.25, -0.2) is 0 Å². The average molecular weight is 237 g/mol. The normalized spacial score (nSPS) is 19.1. The highest BCUT2D eigenvalue weighted by Crippen LogP contribution is 2.30. The van der Waals surface area contributed by atoms with Crippen LogP contribution < -0.4 is 5.32 Å². The molecular formula is C15H27NO. The van der Waals surface area contributed by atoms with E-state index in [0.717, 1.165) is 17.9 Å². The van der Waals surface area contributed by atoms with Crippen LogP contribution in [0.15, 0.2) is 12.2 Å². The molecule has 0 radical (unpaired) electrons. The first kappa shape index (κ1) is 14.3. The Labute approximate surface area is 106 Å². The van der Waals surface area contributed by atoms with E-state index in [1.807, 2.05) is 13.8 Å². The fourth-order valence-corrected chi connectivity index (χ4v) is 2.64. The van der Waals surface area contributed by atoms with E-state index in [4.69, 9.17) is 0 Å². The topological polar surface area (TPSA) is 29.1 Å². The molecular weight excluding hydrogens is 210 g/mol. The van der Waals surface area contributed by atoms with Crippen LogP contribution >= 0.6 is 0 Å². The van der Waals surface area contributed by atoms with Gasteiger partial charge >= 0.3 is 0 Å². The molecule has 17 heavy (non-hydrogen) atoms. The van der Waals surface area contributed by atoms with Gasteiger partial charge in [-0.15, -0.1) is 0 Å². The molecule has 2 heteroatoms. The molecule has 0 heterocycles. The number of carbonyl (C=O) groups is 1. The van der Waals surface area contributed by atoms with E-state index in [1.165, 1.54) is 32.1 Å². The van der Waals surface area contributed by atoms with Crippen molar-refractivity contribution >= 4 is 5.91 Å². The van der Waals surface area contributed by atoms with Gasteiger partial charge in [0.15, 0.2) is 0 Å². The number of hydrogen-bond acceptors (Lipinski definition) is 1. The zero-order chi connectivity index (χ0) is 12.8. The highest BCUT2D eigenvalue weighted by Gasteiger charge is 2.21. The summed E-state index contributed by atoms with van der Waals surface area (Å²) < 4.78 is 0. The van der Waals surface area contributed by atoms with Crippen molar-refractivity contribution in [3.05, 3.63) is 12.2 Å². The first-order chi connectivity index (χ1) is 8.00. The minimum absolute atomic E-state index is 0.0308. The molecule has 1 atom stereocenters. The van der Waals surface area contributed by atoms with Crippen LogP contribution in [0.3, 0.4) is 0 Å². The fourth-order valence-electron chi connectivity index (χ4n) is 2.64. The summed E-state index contributed by atoms with van der Waals surface area (Å²) in [6.45, 7) is 10.1. The number of nitrogens with one attached hydrogen (secondary N) is 1. The van der Waals surface area contributed by atoms with Gasteiger partial charge in [0.25, 0.3) is 0 Å². The summed E-state index contributed by atoms with van der Waals surface area (Å²) in [5, 5.41) is 2.92.